The van der Waals surface area contributed by atoms with Crippen LogP contribution in [-0.2, 0) is 11.8 Å². The molecule has 0 unspecified atom stereocenters. The van der Waals surface area contributed by atoms with Crippen LogP contribution in [0.15, 0.2) is 54.7 Å². The quantitative estimate of drug-likeness (QED) is 0.403. The molecule has 4 heterocycles. The Balaban J connectivity index is 1.37. The van der Waals surface area contributed by atoms with Gasteiger partial charge in [-0.1, -0.05) is 24.3 Å². The fourth-order valence-electron chi connectivity index (χ4n) is 4.36. The maximum Gasteiger partial charge on any atom is 0.228 e. The minimum atomic E-state index is 0.667. The molecule has 5 aromatic rings. The molecule has 3 aromatic heterocycles. The van der Waals surface area contributed by atoms with Crippen LogP contribution in [0.3, 0.4) is 0 Å². The number of fused-ring (bicyclic) bond motifs is 1. The van der Waals surface area contributed by atoms with Gasteiger partial charge in [0.2, 0.25) is 5.95 Å². The first-order valence-corrected chi connectivity index (χ1v) is 11.5. The van der Waals surface area contributed by atoms with Gasteiger partial charge in [-0.25, -0.2) is 4.98 Å². The molecule has 0 atom stereocenters. The summed E-state index contributed by atoms with van der Waals surface area (Å²) in [4.78, 5) is 11.9. The number of H-pyrrole nitrogens is 1. The zero-order valence-electron chi connectivity index (χ0n) is 19.6. The average Bonchev–Trinajstić information content (AvgIpc) is 3.53. The second-order valence-electron chi connectivity index (χ2n) is 8.54. The molecule has 0 amide bonds. The third kappa shape index (κ3) is 4.19. The second-order valence-corrected chi connectivity index (χ2v) is 8.54. The highest BCUT2D eigenvalue weighted by molar-refractivity contribution is 5.86. The van der Waals surface area contributed by atoms with Crippen LogP contribution in [0.4, 0.5) is 17.5 Å². The number of aromatic amines is 1. The summed E-state index contributed by atoms with van der Waals surface area (Å²) < 4.78 is 7.44. The molecule has 10 nitrogen and oxygen atoms in total. The molecule has 176 valence electrons. The van der Waals surface area contributed by atoms with Gasteiger partial charge >= 0.3 is 0 Å². The maximum absolute atomic E-state index is 5.53. The van der Waals surface area contributed by atoms with E-state index in [0.717, 1.165) is 63.7 Å². The van der Waals surface area contributed by atoms with Crippen LogP contribution in [-0.4, -0.2) is 61.5 Å². The Morgan fingerprint density at radius 2 is 1.74 bits per heavy atom. The number of aryl methyl sites for hydroxylation is 2. The number of rotatable bonds is 5. The normalized spacial score (nSPS) is 13.9. The summed E-state index contributed by atoms with van der Waals surface area (Å²) in [5.41, 5.74) is 6.67. The van der Waals surface area contributed by atoms with Crippen molar-refractivity contribution in [2.45, 2.75) is 6.92 Å². The Labute approximate surface area is 202 Å². The summed E-state index contributed by atoms with van der Waals surface area (Å²) in [6.45, 7) is 4.88. The van der Waals surface area contributed by atoms with Crippen molar-refractivity contribution in [2.75, 3.05) is 36.5 Å². The van der Waals surface area contributed by atoms with E-state index in [-0.39, 0.29) is 0 Å². The summed E-state index contributed by atoms with van der Waals surface area (Å²) in [5, 5.41) is 19.8. The maximum atomic E-state index is 5.53. The molecule has 0 bridgehead atoms. The monoisotopic (exact) mass is 467 g/mol. The molecule has 2 N–H and O–H groups in total. The van der Waals surface area contributed by atoms with E-state index >= 15 is 0 Å². The minimum absolute atomic E-state index is 0.667. The number of aromatic nitrogens is 7. The number of nitrogens with zero attached hydrogens (tertiary/aromatic N) is 7. The molecule has 1 aliphatic rings. The molecule has 10 heteroatoms. The van der Waals surface area contributed by atoms with E-state index in [2.05, 4.69) is 48.9 Å². The first kappa shape index (κ1) is 21.2. The van der Waals surface area contributed by atoms with Crippen molar-refractivity contribution in [2.24, 2.45) is 7.05 Å². The van der Waals surface area contributed by atoms with E-state index in [4.69, 9.17) is 14.7 Å². The Hall–Kier alpha value is -4.31. The molecule has 2 aromatic carbocycles. The van der Waals surface area contributed by atoms with Crippen molar-refractivity contribution in [3.05, 3.63) is 60.4 Å². The molecule has 0 aliphatic carbocycles. The van der Waals surface area contributed by atoms with Gasteiger partial charge in [0, 0.05) is 48.4 Å². The number of morpholine rings is 1. The van der Waals surface area contributed by atoms with Crippen LogP contribution in [0.2, 0.25) is 0 Å². The number of hydrogen-bond donors (Lipinski definition) is 2. The highest BCUT2D eigenvalue weighted by atomic mass is 16.5. The fraction of sp³-hybridized carbons (Fsp3) is 0.240. The van der Waals surface area contributed by atoms with Gasteiger partial charge in [0.15, 0.2) is 0 Å². The van der Waals surface area contributed by atoms with Gasteiger partial charge in [-0.15, -0.1) is 0 Å². The van der Waals surface area contributed by atoms with Gasteiger partial charge in [-0.3, -0.25) is 4.68 Å². The van der Waals surface area contributed by atoms with Gasteiger partial charge in [-0.05, 0) is 25.1 Å². The van der Waals surface area contributed by atoms with Crippen LogP contribution in [0.5, 0.6) is 0 Å². The number of ether oxygens (including phenoxy) is 1. The summed E-state index contributed by atoms with van der Waals surface area (Å²) in [6, 6.07) is 16.3. The molecule has 6 rings (SSSR count). The molecule has 35 heavy (non-hydrogen) atoms. The van der Waals surface area contributed by atoms with Crippen molar-refractivity contribution in [1.82, 2.24) is 35.2 Å². The SMILES string of the molecule is Cc1nn(C)c2cc(-c3cc(Nc4ccc(-c5cn[nH]n5)cc4)nc(N4CCOCC4)n3)ccc12. The van der Waals surface area contributed by atoms with Crippen LogP contribution in [0.1, 0.15) is 5.69 Å². The minimum Gasteiger partial charge on any atom is -0.378 e. The third-order valence-electron chi connectivity index (χ3n) is 6.21. The van der Waals surface area contributed by atoms with Crippen LogP contribution >= 0.6 is 0 Å². The van der Waals surface area contributed by atoms with E-state index in [1.807, 2.05) is 49.0 Å². The summed E-state index contributed by atoms with van der Waals surface area (Å²) in [7, 11) is 1.97. The Morgan fingerprint density at radius 3 is 2.51 bits per heavy atom. The molecule has 1 fully saturated rings. The second kappa shape index (κ2) is 8.80. The molecule has 0 saturated carbocycles. The lowest BCUT2D eigenvalue weighted by Crippen LogP contribution is -2.37. The van der Waals surface area contributed by atoms with Crippen molar-refractivity contribution in [3.63, 3.8) is 0 Å². The third-order valence-corrected chi connectivity index (χ3v) is 6.21. The largest absolute Gasteiger partial charge is 0.378 e. The number of anilines is 3. The number of hydrogen-bond acceptors (Lipinski definition) is 8. The molecule has 1 aliphatic heterocycles. The van der Waals surface area contributed by atoms with Gasteiger partial charge in [0.1, 0.15) is 11.5 Å². The highest BCUT2D eigenvalue weighted by Gasteiger charge is 2.17. The van der Waals surface area contributed by atoms with Gasteiger partial charge in [0.25, 0.3) is 0 Å². The van der Waals surface area contributed by atoms with Gasteiger partial charge in [-0.2, -0.15) is 25.5 Å². The van der Waals surface area contributed by atoms with E-state index in [0.29, 0.717) is 19.2 Å². The van der Waals surface area contributed by atoms with Crippen molar-refractivity contribution in [3.8, 4) is 22.5 Å². The summed E-state index contributed by atoms with van der Waals surface area (Å²) >= 11 is 0. The fourth-order valence-corrected chi connectivity index (χ4v) is 4.36. The highest BCUT2D eigenvalue weighted by Crippen LogP contribution is 2.29. The Bertz CT molecular complexity index is 1470. The predicted molar refractivity (Wildman–Crippen MR) is 135 cm³/mol. The van der Waals surface area contributed by atoms with E-state index in [9.17, 15) is 0 Å². The molecule has 0 spiro atoms. The first-order valence-electron chi connectivity index (χ1n) is 11.5. The molecule has 1 saturated heterocycles. The average molecular weight is 468 g/mol. The van der Waals surface area contributed by atoms with Gasteiger partial charge < -0.3 is 15.0 Å². The first-order chi connectivity index (χ1) is 17.1. The van der Waals surface area contributed by atoms with Crippen LogP contribution in [0.25, 0.3) is 33.4 Å². The standard InChI is InChI=1S/C25H25N9O/c1-16-20-8-5-18(13-23(20)33(2)31-16)21-14-24(29-25(28-21)34-9-11-35-12-10-34)27-19-6-3-17(4-7-19)22-15-26-32-30-22/h3-8,13-15H,9-12H2,1-2H3,(H,26,30,32)(H,27,28,29). The smallest absolute Gasteiger partial charge is 0.228 e. The number of benzene rings is 2. The molecule has 0 radical (unpaired) electrons. The number of nitrogens with one attached hydrogen (secondary N) is 2. The zero-order valence-corrected chi connectivity index (χ0v) is 19.6. The van der Waals surface area contributed by atoms with Gasteiger partial charge in [0.05, 0.1) is 36.3 Å². The Morgan fingerprint density at radius 1 is 0.943 bits per heavy atom. The summed E-state index contributed by atoms with van der Waals surface area (Å²) in [5.74, 6) is 1.42. The predicted octanol–water partition coefficient (Wildman–Crippen LogP) is 3.70. The molecular formula is C25H25N9O. The lowest BCUT2D eigenvalue weighted by atomic mass is 10.1. The Kier molecular flexibility index (Phi) is 5.34. The zero-order chi connectivity index (χ0) is 23.8. The molecular weight excluding hydrogens is 442 g/mol. The van der Waals surface area contributed by atoms with E-state index in [1.165, 1.54) is 0 Å². The van der Waals surface area contributed by atoms with E-state index < -0.39 is 0 Å². The van der Waals surface area contributed by atoms with Crippen molar-refractivity contribution in [1.29, 1.82) is 0 Å². The van der Waals surface area contributed by atoms with Crippen LogP contribution in [0, 0.1) is 6.92 Å². The lowest BCUT2D eigenvalue weighted by Gasteiger charge is -2.27. The van der Waals surface area contributed by atoms with Crippen molar-refractivity contribution >= 4 is 28.4 Å². The lowest BCUT2D eigenvalue weighted by molar-refractivity contribution is 0.122. The summed E-state index contributed by atoms with van der Waals surface area (Å²) in [6.07, 6.45) is 1.70. The van der Waals surface area contributed by atoms with Crippen LogP contribution < -0.4 is 10.2 Å². The van der Waals surface area contributed by atoms with Crippen molar-refractivity contribution < 1.29 is 4.74 Å². The topological polar surface area (TPSA) is 110 Å². The van der Waals surface area contributed by atoms with E-state index in [1.54, 1.807) is 6.20 Å².